The van der Waals surface area contributed by atoms with E-state index in [2.05, 4.69) is 4.90 Å². The van der Waals surface area contributed by atoms with Gasteiger partial charge >= 0.3 is 5.97 Å². The summed E-state index contributed by atoms with van der Waals surface area (Å²) in [5.74, 6) is 0.157. The molecule has 1 fully saturated rings. The molecule has 1 N–H and O–H groups in total. The molecule has 0 radical (unpaired) electrons. The summed E-state index contributed by atoms with van der Waals surface area (Å²) in [5, 5.41) is 8.82. The van der Waals surface area contributed by atoms with E-state index in [1.807, 2.05) is 42.3 Å². The SMILES string of the molecule is CN(CC(=O)O)C1CCN(CCOc2ccccc2)CC1.Cl. The maximum absolute atomic E-state index is 10.7. The lowest BCUT2D eigenvalue weighted by molar-refractivity contribution is -0.138. The molecular formula is C16H25ClN2O3. The van der Waals surface area contributed by atoms with Crippen LogP contribution >= 0.6 is 12.4 Å². The van der Waals surface area contributed by atoms with Crippen LogP contribution < -0.4 is 4.74 Å². The van der Waals surface area contributed by atoms with Gasteiger partial charge in [0.2, 0.25) is 0 Å². The molecule has 22 heavy (non-hydrogen) atoms. The van der Waals surface area contributed by atoms with E-state index in [0.717, 1.165) is 38.2 Å². The standard InChI is InChI=1S/C16H24N2O3.ClH/c1-17(13-16(19)20)14-7-9-18(10-8-14)11-12-21-15-5-3-2-4-6-15;/h2-6,14H,7-13H2,1H3,(H,19,20);1H. The van der Waals surface area contributed by atoms with Crippen LogP contribution in [0.15, 0.2) is 30.3 Å². The summed E-state index contributed by atoms with van der Waals surface area (Å²) < 4.78 is 5.71. The van der Waals surface area contributed by atoms with E-state index in [1.165, 1.54) is 0 Å². The number of nitrogens with zero attached hydrogens (tertiary/aromatic N) is 2. The maximum Gasteiger partial charge on any atom is 0.317 e. The average Bonchev–Trinajstić information content (AvgIpc) is 2.48. The van der Waals surface area contributed by atoms with Gasteiger partial charge in [-0.25, -0.2) is 0 Å². The molecule has 1 aliphatic rings. The first-order chi connectivity index (χ1) is 10.1. The average molecular weight is 329 g/mol. The summed E-state index contributed by atoms with van der Waals surface area (Å²) in [4.78, 5) is 15.1. The van der Waals surface area contributed by atoms with Crippen molar-refractivity contribution in [3.8, 4) is 5.75 Å². The molecule has 124 valence electrons. The van der Waals surface area contributed by atoms with Gasteiger partial charge in [-0.15, -0.1) is 12.4 Å². The highest BCUT2D eigenvalue weighted by Gasteiger charge is 2.23. The highest BCUT2D eigenvalue weighted by Crippen LogP contribution is 2.15. The number of likely N-dealkylation sites (tertiary alicyclic amines) is 1. The summed E-state index contributed by atoms with van der Waals surface area (Å²) in [5.41, 5.74) is 0. The molecule has 1 saturated heterocycles. The van der Waals surface area contributed by atoms with Crippen LogP contribution in [0, 0.1) is 0 Å². The second kappa shape index (κ2) is 9.66. The third-order valence-electron chi connectivity index (χ3n) is 3.98. The lowest BCUT2D eigenvalue weighted by atomic mass is 10.0. The second-order valence-electron chi connectivity index (χ2n) is 5.54. The number of carboxylic acids is 1. The highest BCUT2D eigenvalue weighted by atomic mass is 35.5. The Kier molecular flexibility index (Phi) is 8.24. The number of halogens is 1. The molecule has 1 aromatic rings. The van der Waals surface area contributed by atoms with E-state index in [9.17, 15) is 4.79 Å². The number of para-hydroxylation sites is 1. The van der Waals surface area contributed by atoms with Gasteiger partial charge in [-0.1, -0.05) is 18.2 Å². The van der Waals surface area contributed by atoms with Gasteiger partial charge in [0.25, 0.3) is 0 Å². The number of ether oxygens (including phenoxy) is 1. The number of rotatable bonds is 7. The molecule has 1 aromatic carbocycles. The van der Waals surface area contributed by atoms with Gasteiger partial charge < -0.3 is 9.84 Å². The monoisotopic (exact) mass is 328 g/mol. The summed E-state index contributed by atoms with van der Waals surface area (Å²) in [6, 6.07) is 10.2. The van der Waals surface area contributed by atoms with Crippen LogP contribution in [0.3, 0.4) is 0 Å². The van der Waals surface area contributed by atoms with E-state index in [4.69, 9.17) is 9.84 Å². The van der Waals surface area contributed by atoms with Gasteiger partial charge in [0.1, 0.15) is 12.4 Å². The maximum atomic E-state index is 10.7. The summed E-state index contributed by atoms with van der Waals surface area (Å²) in [7, 11) is 1.90. The van der Waals surface area contributed by atoms with Gasteiger partial charge in [0, 0.05) is 12.6 Å². The number of hydrogen-bond donors (Lipinski definition) is 1. The quantitative estimate of drug-likeness (QED) is 0.829. The molecule has 2 rings (SSSR count). The van der Waals surface area contributed by atoms with E-state index >= 15 is 0 Å². The van der Waals surface area contributed by atoms with Crippen molar-refractivity contribution in [1.82, 2.24) is 9.80 Å². The molecule has 0 aromatic heterocycles. The molecular weight excluding hydrogens is 304 g/mol. The minimum absolute atomic E-state index is 0. The first-order valence-electron chi connectivity index (χ1n) is 7.47. The fraction of sp³-hybridized carbons (Fsp3) is 0.562. The zero-order chi connectivity index (χ0) is 15.1. The Bertz CT molecular complexity index is 436. The first-order valence-corrected chi connectivity index (χ1v) is 7.47. The molecule has 0 spiro atoms. The fourth-order valence-corrected chi connectivity index (χ4v) is 2.74. The summed E-state index contributed by atoms with van der Waals surface area (Å²) in [6.07, 6.45) is 2.05. The van der Waals surface area contributed by atoms with Crippen LogP contribution in [0.2, 0.25) is 0 Å². The largest absolute Gasteiger partial charge is 0.492 e. The smallest absolute Gasteiger partial charge is 0.317 e. The molecule has 0 bridgehead atoms. The Morgan fingerprint density at radius 3 is 2.55 bits per heavy atom. The van der Waals surface area contributed by atoms with Gasteiger partial charge in [0.05, 0.1) is 6.54 Å². The molecule has 5 nitrogen and oxygen atoms in total. The van der Waals surface area contributed by atoms with Crippen LogP contribution in [0.4, 0.5) is 0 Å². The third kappa shape index (κ3) is 6.22. The Morgan fingerprint density at radius 2 is 1.95 bits per heavy atom. The zero-order valence-electron chi connectivity index (χ0n) is 13.0. The third-order valence-corrected chi connectivity index (χ3v) is 3.98. The van der Waals surface area contributed by atoms with E-state index in [1.54, 1.807) is 0 Å². The number of aliphatic carboxylic acids is 1. The Hall–Kier alpha value is -1.30. The highest BCUT2D eigenvalue weighted by molar-refractivity contribution is 5.85. The lowest BCUT2D eigenvalue weighted by Crippen LogP contribution is -2.45. The van der Waals surface area contributed by atoms with Crippen LogP contribution in [0.1, 0.15) is 12.8 Å². The second-order valence-corrected chi connectivity index (χ2v) is 5.54. The van der Waals surface area contributed by atoms with Gasteiger partial charge in [-0.3, -0.25) is 14.6 Å². The molecule has 6 heteroatoms. The number of piperidine rings is 1. The minimum atomic E-state index is -0.754. The van der Waals surface area contributed by atoms with Crippen molar-refractivity contribution in [2.45, 2.75) is 18.9 Å². The van der Waals surface area contributed by atoms with Crippen molar-refractivity contribution in [2.75, 3.05) is 39.8 Å². The van der Waals surface area contributed by atoms with Crippen LogP contribution in [-0.2, 0) is 4.79 Å². The predicted molar refractivity (Wildman–Crippen MR) is 88.9 cm³/mol. The molecule has 0 atom stereocenters. The van der Waals surface area contributed by atoms with Crippen LogP contribution in [0.5, 0.6) is 5.75 Å². The van der Waals surface area contributed by atoms with Crippen molar-refractivity contribution >= 4 is 18.4 Å². The number of likely N-dealkylation sites (N-methyl/N-ethyl adjacent to an activating group) is 1. The Labute approximate surface area is 138 Å². The molecule has 0 unspecified atom stereocenters. The molecule has 0 amide bonds. The Balaban J connectivity index is 0.00000242. The zero-order valence-corrected chi connectivity index (χ0v) is 13.8. The van der Waals surface area contributed by atoms with Crippen molar-refractivity contribution in [1.29, 1.82) is 0 Å². The number of benzene rings is 1. The fourth-order valence-electron chi connectivity index (χ4n) is 2.74. The molecule has 1 heterocycles. The number of hydrogen-bond acceptors (Lipinski definition) is 4. The van der Waals surface area contributed by atoms with Crippen LogP contribution in [0.25, 0.3) is 0 Å². The molecule has 0 saturated carbocycles. The lowest BCUT2D eigenvalue weighted by Gasteiger charge is -2.36. The minimum Gasteiger partial charge on any atom is -0.492 e. The first kappa shape index (κ1) is 18.7. The van der Waals surface area contributed by atoms with E-state index < -0.39 is 5.97 Å². The number of carbonyl (C=O) groups is 1. The van der Waals surface area contributed by atoms with Gasteiger partial charge in [-0.05, 0) is 45.1 Å². The topological polar surface area (TPSA) is 53.0 Å². The Morgan fingerprint density at radius 1 is 1.32 bits per heavy atom. The summed E-state index contributed by atoms with van der Waals surface area (Å²) >= 11 is 0. The number of carboxylic acid groups (broad SMARTS) is 1. The predicted octanol–water partition coefficient (Wildman–Crippen LogP) is 1.97. The van der Waals surface area contributed by atoms with E-state index in [-0.39, 0.29) is 19.0 Å². The van der Waals surface area contributed by atoms with Crippen molar-refractivity contribution < 1.29 is 14.6 Å². The normalized spacial score (nSPS) is 16.3. The van der Waals surface area contributed by atoms with Crippen molar-refractivity contribution in [3.05, 3.63) is 30.3 Å². The van der Waals surface area contributed by atoms with Gasteiger partial charge in [0.15, 0.2) is 0 Å². The van der Waals surface area contributed by atoms with Gasteiger partial charge in [-0.2, -0.15) is 0 Å². The van der Waals surface area contributed by atoms with E-state index in [0.29, 0.717) is 12.6 Å². The van der Waals surface area contributed by atoms with Crippen molar-refractivity contribution in [3.63, 3.8) is 0 Å². The molecule has 1 aliphatic heterocycles. The summed E-state index contributed by atoms with van der Waals surface area (Å²) in [6.45, 7) is 3.76. The van der Waals surface area contributed by atoms with Crippen LogP contribution in [-0.4, -0.2) is 66.8 Å². The van der Waals surface area contributed by atoms with Crippen molar-refractivity contribution in [2.24, 2.45) is 0 Å². The molecule has 0 aliphatic carbocycles.